The molecule has 1 aromatic rings. The topological polar surface area (TPSA) is 63.4 Å². The summed E-state index contributed by atoms with van der Waals surface area (Å²) in [7, 11) is -4.37. The fourth-order valence-electron chi connectivity index (χ4n) is 2.55. The molecule has 0 spiro atoms. The van der Waals surface area contributed by atoms with Crippen LogP contribution in [0.2, 0.25) is 0 Å². The van der Waals surface area contributed by atoms with Crippen molar-refractivity contribution < 1.29 is 26.0 Å². The zero-order chi connectivity index (χ0) is 17.6. The third-order valence-electron chi connectivity index (χ3n) is 4.15. The van der Waals surface area contributed by atoms with Crippen LogP contribution in [0, 0.1) is 11.2 Å². The molecule has 0 aliphatic carbocycles. The Balaban J connectivity index is 0.00000288. The van der Waals surface area contributed by atoms with Crippen molar-refractivity contribution in [1.29, 1.82) is 0 Å². The second-order valence-corrected chi connectivity index (χ2v) is 8.27. The monoisotopic (exact) mass is 390 g/mol. The molecule has 2 N–H and O–H groups in total. The number of rotatable bonds is 2. The van der Waals surface area contributed by atoms with Crippen LogP contribution in [0.5, 0.6) is 0 Å². The van der Waals surface area contributed by atoms with Crippen LogP contribution in [0.25, 0.3) is 0 Å². The van der Waals surface area contributed by atoms with E-state index in [-0.39, 0.29) is 31.5 Å². The molecule has 1 aliphatic heterocycles. The minimum Gasteiger partial charge on any atom is -0.327 e. The average molecular weight is 391 g/mol. The number of sulfonamides is 1. The van der Waals surface area contributed by atoms with Crippen LogP contribution in [-0.2, 0) is 16.2 Å². The Bertz CT molecular complexity index is 707. The van der Waals surface area contributed by atoms with E-state index in [1.165, 1.54) is 0 Å². The quantitative estimate of drug-likeness (QED) is 0.789. The third kappa shape index (κ3) is 4.01. The molecule has 1 unspecified atom stereocenters. The summed E-state index contributed by atoms with van der Waals surface area (Å²) in [6.07, 6.45) is -4.39. The van der Waals surface area contributed by atoms with E-state index in [9.17, 15) is 26.0 Å². The molecule has 1 heterocycles. The number of piperidine rings is 1. The molecule has 10 heteroatoms. The minimum absolute atomic E-state index is 0. The van der Waals surface area contributed by atoms with E-state index in [2.05, 4.69) is 0 Å². The molecule has 1 aliphatic rings. The minimum atomic E-state index is -4.75. The molecule has 1 fully saturated rings. The largest absolute Gasteiger partial charge is 0.416 e. The number of alkyl halides is 3. The molecule has 0 amide bonds. The summed E-state index contributed by atoms with van der Waals surface area (Å²) in [5.41, 5.74) is 4.17. The highest BCUT2D eigenvalue weighted by molar-refractivity contribution is 7.89. The normalized spacial score (nSPS) is 22.0. The van der Waals surface area contributed by atoms with Crippen molar-refractivity contribution >= 4 is 22.4 Å². The van der Waals surface area contributed by atoms with Gasteiger partial charge in [-0.15, -0.1) is 12.4 Å². The Morgan fingerprint density at radius 2 is 1.88 bits per heavy atom. The van der Waals surface area contributed by atoms with Crippen molar-refractivity contribution in [2.24, 2.45) is 11.1 Å². The number of hydrogen-bond acceptors (Lipinski definition) is 3. The highest BCUT2D eigenvalue weighted by atomic mass is 35.5. The highest BCUT2D eigenvalue weighted by Gasteiger charge is 2.40. The molecule has 1 aromatic carbocycles. The van der Waals surface area contributed by atoms with Gasteiger partial charge in [0.1, 0.15) is 10.7 Å². The van der Waals surface area contributed by atoms with E-state index in [1.807, 2.05) is 0 Å². The van der Waals surface area contributed by atoms with E-state index in [1.54, 1.807) is 13.8 Å². The first-order chi connectivity index (χ1) is 10.4. The second kappa shape index (κ2) is 6.78. The van der Waals surface area contributed by atoms with Crippen LogP contribution in [0.4, 0.5) is 17.6 Å². The molecule has 24 heavy (non-hydrogen) atoms. The molecule has 0 bridgehead atoms. The van der Waals surface area contributed by atoms with Crippen molar-refractivity contribution in [2.75, 3.05) is 13.1 Å². The Kier molecular flexibility index (Phi) is 5.97. The van der Waals surface area contributed by atoms with Crippen molar-refractivity contribution in [3.05, 3.63) is 29.6 Å². The SMILES string of the molecule is CC1(C)CN(S(=O)(=O)c2cc(C(F)(F)F)ccc2F)CCC1N.Cl. The molecule has 0 aromatic heterocycles. The number of nitrogens with two attached hydrogens (primary N) is 1. The number of nitrogens with zero attached hydrogens (tertiary/aromatic N) is 1. The highest BCUT2D eigenvalue weighted by Crippen LogP contribution is 2.35. The lowest BCUT2D eigenvalue weighted by molar-refractivity contribution is -0.137. The van der Waals surface area contributed by atoms with E-state index in [4.69, 9.17) is 5.73 Å². The van der Waals surface area contributed by atoms with Gasteiger partial charge >= 0.3 is 6.18 Å². The first-order valence-corrected chi connectivity index (χ1v) is 8.42. The lowest BCUT2D eigenvalue weighted by Gasteiger charge is -2.41. The Morgan fingerprint density at radius 3 is 2.38 bits per heavy atom. The standard InChI is InChI=1S/C14H18F4N2O2S.ClH/c1-13(2)8-20(6-5-12(13)19)23(21,22)11-7-9(14(16,17)18)3-4-10(11)15;/h3-4,7,12H,5-6,8,19H2,1-2H3;1H. The van der Waals surface area contributed by atoms with Crippen molar-refractivity contribution in [1.82, 2.24) is 4.31 Å². The maximum absolute atomic E-state index is 13.9. The van der Waals surface area contributed by atoms with Crippen molar-refractivity contribution in [2.45, 2.75) is 37.4 Å². The van der Waals surface area contributed by atoms with Crippen molar-refractivity contribution in [3.8, 4) is 0 Å². The van der Waals surface area contributed by atoms with Gasteiger partial charge in [-0.3, -0.25) is 0 Å². The van der Waals surface area contributed by atoms with E-state index in [0.717, 1.165) is 4.31 Å². The zero-order valence-electron chi connectivity index (χ0n) is 13.1. The predicted octanol–water partition coefficient (Wildman–Crippen LogP) is 3.01. The van der Waals surface area contributed by atoms with Crippen LogP contribution >= 0.6 is 12.4 Å². The maximum atomic E-state index is 13.9. The summed E-state index contributed by atoms with van der Waals surface area (Å²) in [6.45, 7) is 3.60. The smallest absolute Gasteiger partial charge is 0.327 e. The van der Waals surface area contributed by atoms with Gasteiger partial charge in [0, 0.05) is 19.1 Å². The summed E-state index contributed by atoms with van der Waals surface area (Å²) in [6, 6.07) is 1.15. The molecule has 1 saturated heterocycles. The van der Waals surface area contributed by atoms with Gasteiger partial charge < -0.3 is 5.73 Å². The summed E-state index contributed by atoms with van der Waals surface area (Å²) < 4.78 is 78.3. The summed E-state index contributed by atoms with van der Waals surface area (Å²) >= 11 is 0. The second-order valence-electron chi connectivity index (χ2n) is 6.37. The van der Waals surface area contributed by atoms with Gasteiger partial charge in [0.05, 0.1) is 5.56 Å². The third-order valence-corrected chi connectivity index (χ3v) is 6.01. The maximum Gasteiger partial charge on any atom is 0.416 e. The van der Waals surface area contributed by atoms with E-state index in [0.29, 0.717) is 24.6 Å². The number of benzene rings is 1. The number of hydrogen-bond donors (Lipinski definition) is 1. The molecule has 1 atom stereocenters. The molecule has 0 radical (unpaired) electrons. The van der Waals surface area contributed by atoms with Crippen LogP contribution in [-0.4, -0.2) is 31.9 Å². The zero-order valence-corrected chi connectivity index (χ0v) is 14.7. The van der Waals surface area contributed by atoms with Crippen LogP contribution in [0.1, 0.15) is 25.8 Å². The van der Waals surface area contributed by atoms with Crippen LogP contribution in [0.3, 0.4) is 0 Å². The fourth-order valence-corrected chi connectivity index (χ4v) is 4.26. The summed E-state index contributed by atoms with van der Waals surface area (Å²) in [5.74, 6) is -1.20. The Labute approximate surface area is 144 Å². The fraction of sp³-hybridized carbons (Fsp3) is 0.571. The molecular formula is C14H19ClF4N2O2S. The van der Waals surface area contributed by atoms with Gasteiger partial charge in [-0.25, -0.2) is 12.8 Å². The van der Waals surface area contributed by atoms with Gasteiger partial charge in [0.25, 0.3) is 0 Å². The number of halogens is 5. The van der Waals surface area contributed by atoms with Gasteiger partial charge in [-0.05, 0) is 30.0 Å². The first kappa shape index (κ1) is 21.1. The molecule has 4 nitrogen and oxygen atoms in total. The summed E-state index contributed by atoms with van der Waals surface area (Å²) in [5, 5.41) is 0. The van der Waals surface area contributed by atoms with Crippen LogP contribution in [0.15, 0.2) is 23.1 Å². The van der Waals surface area contributed by atoms with Gasteiger partial charge in [0.15, 0.2) is 0 Å². The first-order valence-electron chi connectivity index (χ1n) is 6.98. The van der Waals surface area contributed by atoms with Gasteiger partial charge in [0.2, 0.25) is 10.0 Å². The van der Waals surface area contributed by atoms with Crippen molar-refractivity contribution in [3.63, 3.8) is 0 Å². The lowest BCUT2D eigenvalue weighted by atomic mass is 9.81. The Hall–Kier alpha value is -0.900. The van der Waals surface area contributed by atoms with Gasteiger partial charge in [-0.1, -0.05) is 13.8 Å². The lowest BCUT2D eigenvalue weighted by Crippen LogP contribution is -2.53. The predicted molar refractivity (Wildman–Crippen MR) is 83.8 cm³/mol. The molecule has 138 valence electrons. The molecular weight excluding hydrogens is 372 g/mol. The molecule has 2 rings (SSSR count). The summed E-state index contributed by atoms with van der Waals surface area (Å²) in [4.78, 5) is -0.960. The van der Waals surface area contributed by atoms with Crippen LogP contribution < -0.4 is 5.73 Å². The average Bonchev–Trinajstić information content (AvgIpc) is 2.40. The van der Waals surface area contributed by atoms with Gasteiger partial charge in [-0.2, -0.15) is 17.5 Å². The van der Waals surface area contributed by atoms with E-state index < -0.39 is 37.9 Å². The molecule has 0 saturated carbocycles. The Morgan fingerprint density at radius 1 is 1.29 bits per heavy atom. The van der Waals surface area contributed by atoms with E-state index >= 15 is 0 Å².